The molecule has 0 aromatic carbocycles. The van der Waals surface area contributed by atoms with Crippen LogP contribution in [0.25, 0.3) is 0 Å². The van der Waals surface area contributed by atoms with Gasteiger partial charge in [0.25, 0.3) is 0 Å². The molecule has 4 heteroatoms. The van der Waals surface area contributed by atoms with Crippen LogP contribution in [0.3, 0.4) is 0 Å². The zero-order valence-electron chi connectivity index (χ0n) is 4.31. The zero-order chi connectivity index (χ0) is 6.15. The third-order valence-corrected chi connectivity index (χ3v) is 1.64. The van der Waals surface area contributed by atoms with E-state index in [0.29, 0.717) is 11.4 Å². The van der Waals surface area contributed by atoms with E-state index in [1.54, 1.807) is 6.92 Å². The van der Waals surface area contributed by atoms with Gasteiger partial charge in [0.1, 0.15) is 5.69 Å². The lowest BCUT2D eigenvalue weighted by molar-refractivity contribution is 0.394. The molecule has 0 aliphatic carbocycles. The van der Waals surface area contributed by atoms with E-state index in [9.17, 15) is 0 Å². The predicted molar refractivity (Wildman–Crippen MR) is 38.4 cm³/mol. The molecule has 1 aromatic heterocycles. The Kier molecular flexibility index (Phi) is 1.41. The summed E-state index contributed by atoms with van der Waals surface area (Å²) in [6.45, 7) is 1.78. The van der Waals surface area contributed by atoms with Gasteiger partial charge in [-0.2, -0.15) is 0 Å². The van der Waals surface area contributed by atoms with Crippen molar-refractivity contribution < 1.29 is 4.52 Å². The average molecular weight is 224 g/mol. The summed E-state index contributed by atoms with van der Waals surface area (Å²) in [6.07, 6.45) is 0. The van der Waals surface area contributed by atoms with Crippen molar-refractivity contribution in [2.45, 2.75) is 6.92 Å². The van der Waals surface area contributed by atoms with Crippen molar-refractivity contribution in [3.8, 4) is 0 Å². The summed E-state index contributed by atoms with van der Waals surface area (Å²) in [4.78, 5) is 0. The molecule has 2 N–H and O–H groups in total. The molecule has 0 fully saturated rings. The van der Waals surface area contributed by atoms with Crippen LogP contribution in [0.15, 0.2) is 4.52 Å². The maximum Gasteiger partial charge on any atom is 0.167 e. The van der Waals surface area contributed by atoms with Crippen molar-refractivity contribution in [2.75, 3.05) is 5.73 Å². The summed E-state index contributed by atoms with van der Waals surface area (Å²) in [5.41, 5.74) is 6.08. The van der Waals surface area contributed by atoms with E-state index in [4.69, 9.17) is 10.3 Å². The molecule has 8 heavy (non-hydrogen) atoms. The van der Waals surface area contributed by atoms with Crippen LogP contribution in [0, 0.1) is 10.6 Å². The standard InChI is InChI=1S/C4H5IN2O/c1-2-3(6)4(5)7-8-2/h6H2,1H3. The SMILES string of the molecule is Cc1onc(I)c1N. The molecule has 3 nitrogen and oxygen atoms in total. The van der Waals surface area contributed by atoms with E-state index in [0.717, 1.165) is 3.70 Å². The molecule has 0 saturated heterocycles. The summed E-state index contributed by atoms with van der Waals surface area (Å²) in [6, 6.07) is 0. The number of nitrogens with zero attached hydrogens (tertiary/aromatic N) is 1. The van der Waals surface area contributed by atoms with Crippen LogP contribution < -0.4 is 5.73 Å². The third kappa shape index (κ3) is 0.795. The number of aromatic nitrogens is 1. The van der Waals surface area contributed by atoms with Gasteiger partial charge >= 0.3 is 0 Å². The van der Waals surface area contributed by atoms with Gasteiger partial charge in [-0.25, -0.2) is 0 Å². The van der Waals surface area contributed by atoms with Crippen LogP contribution in [-0.4, -0.2) is 5.16 Å². The maximum absolute atomic E-state index is 5.44. The number of hydrogen-bond acceptors (Lipinski definition) is 3. The van der Waals surface area contributed by atoms with E-state index in [-0.39, 0.29) is 0 Å². The van der Waals surface area contributed by atoms with E-state index in [1.165, 1.54) is 0 Å². The first-order valence-electron chi connectivity index (χ1n) is 2.09. The van der Waals surface area contributed by atoms with Crippen LogP contribution in [0.4, 0.5) is 5.69 Å². The molecule has 0 bridgehead atoms. The summed E-state index contributed by atoms with van der Waals surface area (Å²) in [5, 5.41) is 3.60. The Morgan fingerprint density at radius 1 is 1.75 bits per heavy atom. The van der Waals surface area contributed by atoms with Gasteiger partial charge in [0.05, 0.1) is 0 Å². The molecule has 0 aliphatic heterocycles. The van der Waals surface area contributed by atoms with Gasteiger partial charge in [-0.15, -0.1) is 0 Å². The third-order valence-electron chi connectivity index (χ3n) is 0.864. The minimum Gasteiger partial charge on any atom is -0.394 e. The molecule has 1 aromatic rings. The molecule has 1 rings (SSSR count). The number of nitrogens with two attached hydrogens (primary N) is 1. The monoisotopic (exact) mass is 224 g/mol. The molecule has 1 heterocycles. The van der Waals surface area contributed by atoms with Gasteiger partial charge in [-0.05, 0) is 29.5 Å². The molecular formula is C4H5IN2O. The first kappa shape index (κ1) is 5.87. The highest BCUT2D eigenvalue weighted by Gasteiger charge is 2.02. The topological polar surface area (TPSA) is 52.0 Å². The number of anilines is 1. The van der Waals surface area contributed by atoms with Gasteiger partial charge < -0.3 is 10.3 Å². The van der Waals surface area contributed by atoms with Gasteiger partial charge in [0, 0.05) is 0 Å². The molecule has 0 unspecified atom stereocenters. The molecular weight excluding hydrogens is 219 g/mol. The first-order valence-corrected chi connectivity index (χ1v) is 3.17. The van der Waals surface area contributed by atoms with E-state index >= 15 is 0 Å². The molecule has 0 atom stereocenters. The number of halogens is 1. The highest BCUT2D eigenvalue weighted by atomic mass is 127. The molecule has 0 spiro atoms. The molecule has 0 aliphatic rings. The lowest BCUT2D eigenvalue weighted by Gasteiger charge is -1.80. The first-order chi connectivity index (χ1) is 3.72. The van der Waals surface area contributed by atoms with Gasteiger partial charge in [-0.3, -0.25) is 0 Å². The second-order valence-corrected chi connectivity index (χ2v) is 2.47. The number of aryl methyl sites for hydroxylation is 1. The van der Waals surface area contributed by atoms with Gasteiger partial charge in [0.15, 0.2) is 9.46 Å². The minimum atomic E-state index is 0.644. The lowest BCUT2D eigenvalue weighted by Crippen LogP contribution is -1.85. The Bertz CT molecular complexity index is 176. The van der Waals surface area contributed by atoms with Gasteiger partial charge in [0.2, 0.25) is 0 Å². The molecule has 44 valence electrons. The van der Waals surface area contributed by atoms with Crippen molar-refractivity contribution in [3.05, 3.63) is 9.46 Å². The minimum absolute atomic E-state index is 0.644. The fourth-order valence-electron chi connectivity index (χ4n) is 0.352. The van der Waals surface area contributed by atoms with Crippen molar-refractivity contribution >= 4 is 28.3 Å². The van der Waals surface area contributed by atoms with Crippen LogP contribution in [0.1, 0.15) is 5.76 Å². The van der Waals surface area contributed by atoms with Crippen molar-refractivity contribution in [2.24, 2.45) is 0 Å². The maximum atomic E-state index is 5.44. The normalized spacial score (nSPS) is 9.75. The second-order valence-electron chi connectivity index (χ2n) is 1.44. The summed E-state index contributed by atoms with van der Waals surface area (Å²) in [5.74, 6) is 0.689. The van der Waals surface area contributed by atoms with E-state index < -0.39 is 0 Å². The Labute approximate surface area is 60.4 Å². The predicted octanol–water partition coefficient (Wildman–Crippen LogP) is 1.17. The fourth-order valence-corrected chi connectivity index (χ4v) is 0.830. The summed E-state index contributed by atoms with van der Waals surface area (Å²) in [7, 11) is 0. The Morgan fingerprint density at radius 3 is 2.50 bits per heavy atom. The largest absolute Gasteiger partial charge is 0.394 e. The lowest BCUT2D eigenvalue weighted by atomic mass is 10.4. The second kappa shape index (κ2) is 1.93. The summed E-state index contributed by atoms with van der Waals surface area (Å²) < 4.78 is 5.45. The van der Waals surface area contributed by atoms with Gasteiger partial charge in [-0.1, -0.05) is 5.16 Å². The van der Waals surface area contributed by atoms with E-state index in [2.05, 4.69) is 5.16 Å². The quantitative estimate of drug-likeness (QED) is 0.673. The Balaban J connectivity index is 3.19. The van der Waals surface area contributed by atoms with Crippen molar-refractivity contribution in [1.82, 2.24) is 5.16 Å². The molecule has 0 saturated carbocycles. The Morgan fingerprint density at radius 2 is 2.38 bits per heavy atom. The highest BCUT2D eigenvalue weighted by molar-refractivity contribution is 14.1. The zero-order valence-corrected chi connectivity index (χ0v) is 6.47. The van der Waals surface area contributed by atoms with Crippen LogP contribution in [0.2, 0.25) is 0 Å². The highest BCUT2D eigenvalue weighted by Crippen LogP contribution is 2.16. The smallest absolute Gasteiger partial charge is 0.167 e. The number of hydrogen-bond donors (Lipinski definition) is 1. The van der Waals surface area contributed by atoms with E-state index in [1.807, 2.05) is 22.6 Å². The van der Waals surface area contributed by atoms with Crippen molar-refractivity contribution in [1.29, 1.82) is 0 Å². The number of rotatable bonds is 0. The molecule has 0 amide bonds. The van der Waals surface area contributed by atoms with Crippen LogP contribution in [-0.2, 0) is 0 Å². The van der Waals surface area contributed by atoms with Crippen molar-refractivity contribution in [3.63, 3.8) is 0 Å². The molecule has 0 radical (unpaired) electrons. The average Bonchev–Trinajstić information content (AvgIpc) is 1.98. The Hall–Kier alpha value is -0.260. The number of nitrogen functional groups attached to an aromatic ring is 1. The van der Waals surface area contributed by atoms with Crippen LogP contribution >= 0.6 is 22.6 Å². The summed E-state index contributed by atoms with van der Waals surface area (Å²) >= 11 is 2.02. The van der Waals surface area contributed by atoms with Crippen LogP contribution in [0.5, 0.6) is 0 Å². The fraction of sp³-hybridized carbons (Fsp3) is 0.250.